The fourth-order valence-electron chi connectivity index (χ4n) is 2.01. The lowest BCUT2D eigenvalue weighted by Gasteiger charge is -2.07. The van der Waals surface area contributed by atoms with Gasteiger partial charge in [-0.25, -0.2) is 9.97 Å². The summed E-state index contributed by atoms with van der Waals surface area (Å²) >= 11 is 1.40. The standard InChI is InChI=1S/C13H14N4OS/c1-7-11(19-8(2)16-7)13(18)17-12-10(9-3-4-9)14-5-6-15-12/h5-6,9H,3-4H2,1-2H3,(H,15,17,18). The minimum atomic E-state index is -0.148. The highest BCUT2D eigenvalue weighted by atomic mass is 32.1. The molecular weight excluding hydrogens is 260 g/mol. The van der Waals surface area contributed by atoms with Crippen molar-refractivity contribution in [2.45, 2.75) is 32.6 Å². The molecule has 2 aromatic rings. The molecule has 2 heterocycles. The lowest BCUT2D eigenvalue weighted by molar-refractivity contribution is 0.102. The molecule has 1 aliphatic rings. The summed E-state index contributed by atoms with van der Waals surface area (Å²) in [6, 6.07) is 0. The van der Waals surface area contributed by atoms with Crippen molar-refractivity contribution < 1.29 is 4.79 Å². The van der Waals surface area contributed by atoms with Crippen molar-refractivity contribution in [2.24, 2.45) is 0 Å². The van der Waals surface area contributed by atoms with E-state index in [1.807, 2.05) is 13.8 Å². The second-order valence-corrected chi connectivity index (χ2v) is 5.87. The van der Waals surface area contributed by atoms with Crippen molar-refractivity contribution in [2.75, 3.05) is 5.32 Å². The number of thiazole rings is 1. The minimum absolute atomic E-state index is 0.148. The van der Waals surface area contributed by atoms with Crippen molar-refractivity contribution in [1.29, 1.82) is 0 Å². The first kappa shape index (κ1) is 12.2. The average Bonchev–Trinajstić information content (AvgIpc) is 3.15. The molecule has 0 spiro atoms. The van der Waals surface area contributed by atoms with E-state index in [0.717, 1.165) is 29.2 Å². The van der Waals surface area contributed by atoms with Gasteiger partial charge >= 0.3 is 0 Å². The van der Waals surface area contributed by atoms with Crippen molar-refractivity contribution in [3.63, 3.8) is 0 Å². The van der Waals surface area contributed by atoms with Gasteiger partial charge in [-0.1, -0.05) is 0 Å². The van der Waals surface area contributed by atoms with Crippen LogP contribution in [-0.4, -0.2) is 20.9 Å². The predicted molar refractivity (Wildman–Crippen MR) is 73.5 cm³/mol. The predicted octanol–water partition coefficient (Wildman–Crippen LogP) is 2.68. The number of nitrogens with zero attached hydrogens (tertiary/aromatic N) is 3. The third kappa shape index (κ3) is 2.49. The van der Waals surface area contributed by atoms with Gasteiger partial charge in [-0.2, -0.15) is 0 Å². The number of carbonyl (C=O) groups excluding carboxylic acids is 1. The van der Waals surface area contributed by atoms with E-state index in [-0.39, 0.29) is 5.91 Å². The van der Waals surface area contributed by atoms with Crippen molar-refractivity contribution >= 4 is 23.1 Å². The summed E-state index contributed by atoms with van der Waals surface area (Å²) in [5.74, 6) is 0.888. The lowest BCUT2D eigenvalue weighted by atomic mass is 10.2. The van der Waals surface area contributed by atoms with Gasteiger partial charge < -0.3 is 5.32 Å². The number of anilines is 1. The van der Waals surface area contributed by atoms with Gasteiger partial charge in [0, 0.05) is 18.3 Å². The van der Waals surface area contributed by atoms with E-state index in [0.29, 0.717) is 16.6 Å². The number of rotatable bonds is 3. The number of amides is 1. The third-order valence-corrected chi connectivity index (χ3v) is 4.10. The number of nitrogens with one attached hydrogen (secondary N) is 1. The Morgan fingerprint density at radius 2 is 2.05 bits per heavy atom. The molecule has 0 saturated heterocycles. The molecule has 98 valence electrons. The summed E-state index contributed by atoms with van der Waals surface area (Å²) in [4.78, 5) is 25.7. The second kappa shape index (κ2) is 4.70. The smallest absolute Gasteiger partial charge is 0.268 e. The van der Waals surface area contributed by atoms with Crippen LogP contribution < -0.4 is 5.32 Å². The van der Waals surface area contributed by atoms with E-state index in [2.05, 4.69) is 20.3 Å². The molecular formula is C13H14N4OS. The van der Waals surface area contributed by atoms with Crippen LogP contribution in [0.5, 0.6) is 0 Å². The maximum absolute atomic E-state index is 12.2. The molecule has 0 bridgehead atoms. The van der Waals surface area contributed by atoms with Crippen LogP contribution in [0.2, 0.25) is 0 Å². The van der Waals surface area contributed by atoms with Gasteiger partial charge in [0.05, 0.1) is 16.4 Å². The molecule has 0 aromatic carbocycles. The topological polar surface area (TPSA) is 67.8 Å². The molecule has 0 radical (unpaired) electrons. The zero-order valence-corrected chi connectivity index (χ0v) is 11.6. The molecule has 6 heteroatoms. The van der Waals surface area contributed by atoms with Gasteiger partial charge in [0.2, 0.25) is 0 Å². The van der Waals surface area contributed by atoms with E-state index < -0.39 is 0 Å². The van der Waals surface area contributed by atoms with E-state index in [1.165, 1.54) is 11.3 Å². The SMILES string of the molecule is Cc1nc(C)c(C(=O)Nc2nccnc2C2CC2)s1. The molecule has 1 aliphatic carbocycles. The first-order valence-corrected chi connectivity index (χ1v) is 7.03. The Morgan fingerprint density at radius 3 is 2.68 bits per heavy atom. The Bertz CT molecular complexity index is 633. The summed E-state index contributed by atoms with van der Waals surface area (Å²) in [5, 5.41) is 3.75. The highest BCUT2D eigenvalue weighted by molar-refractivity contribution is 7.13. The Kier molecular flexibility index (Phi) is 3.02. The number of hydrogen-bond acceptors (Lipinski definition) is 5. The maximum Gasteiger partial charge on any atom is 0.268 e. The quantitative estimate of drug-likeness (QED) is 0.934. The Balaban J connectivity index is 1.85. The zero-order valence-electron chi connectivity index (χ0n) is 10.8. The van der Waals surface area contributed by atoms with E-state index in [9.17, 15) is 4.79 Å². The zero-order chi connectivity index (χ0) is 13.4. The second-order valence-electron chi connectivity index (χ2n) is 4.67. The molecule has 0 unspecified atom stereocenters. The molecule has 0 atom stereocenters. The van der Waals surface area contributed by atoms with E-state index >= 15 is 0 Å². The van der Waals surface area contributed by atoms with Crippen LogP contribution in [0.3, 0.4) is 0 Å². The molecule has 1 fully saturated rings. The number of hydrogen-bond donors (Lipinski definition) is 1. The van der Waals surface area contributed by atoms with E-state index in [4.69, 9.17) is 0 Å². The highest BCUT2D eigenvalue weighted by Gasteiger charge is 2.29. The molecule has 1 saturated carbocycles. The van der Waals surface area contributed by atoms with Crippen LogP contribution in [-0.2, 0) is 0 Å². The van der Waals surface area contributed by atoms with E-state index in [1.54, 1.807) is 12.4 Å². The number of aromatic nitrogens is 3. The van der Waals surface area contributed by atoms with Gasteiger partial charge in [-0.15, -0.1) is 11.3 Å². The van der Waals surface area contributed by atoms with Crippen molar-refractivity contribution in [3.05, 3.63) is 33.7 Å². The van der Waals surface area contributed by atoms with Crippen LogP contribution in [0.1, 0.15) is 44.8 Å². The monoisotopic (exact) mass is 274 g/mol. The van der Waals surface area contributed by atoms with Gasteiger partial charge in [-0.3, -0.25) is 9.78 Å². The Morgan fingerprint density at radius 1 is 1.32 bits per heavy atom. The molecule has 1 amide bonds. The Hall–Kier alpha value is -1.82. The fraction of sp³-hybridized carbons (Fsp3) is 0.385. The molecule has 3 rings (SSSR count). The largest absolute Gasteiger partial charge is 0.304 e. The third-order valence-electron chi connectivity index (χ3n) is 3.03. The molecule has 0 aliphatic heterocycles. The van der Waals surface area contributed by atoms with Crippen LogP contribution in [0.25, 0.3) is 0 Å². The van der Waals surface area contributed by atoms with Gasteiger partial charge in [-0.05, 0) is 26.7 Å². The van der Waals surface area contributed by atoms with Crippen LogP contribution in [0, 0.1) is 13.8 Å². The molecule has 5 nitrogen and oxygen atoms in total. The first-order valence-electron chi connectivity index (χ1n) is 6.21. The van der Waals surface area contributed by atoms with Gasteiger partial charge in [0.25, 0.3) is 5.91 Å². The average molecular weight is 274 g/mol. The number of carbonyl (C=O) groups is 1. The Labute approximate surface area is 115 Å². The first-order chi connectivity index (χ1) is 9.15. The summed E-state index contributed by atoms with van der Waals surface area (Å²) in [5.41, 5.74) is 1.66. The highest BCUT2D eigenvalue weighted by Crippen LogP contribution is 2.41. The van der Waals surface area contributed by atoms with Crippen LogP contribution >= 0.6 is 11.3 Å². The van der Waals surface area contributed by atoms with Crippen molar-refractivity contribution in [1.82, 2.24) is 15.0 Å². The summed E-state index contributed by atoms with van der Waals surface area (Å²) in [7, 11) is 0. The van der Waals surface area contributed by atoms with Crippen molar-refractivity contribution in [3.8, 4) is 0 Å². The summed E-state index contributed by atoms with van der Waals surface area (Å²) in [6.07, 6.45) is 5.53. The fourth-order valence-corrected chi connectivity index (χ4v) is 2.82. The summed E-state index contributed by atoms with van der Waals surface area (Å²) < 4.78 is 0. The molecule has 19 heavy (non-hydrogen) atoms. The van der Waals surface area contributed by atoms with Crippen LogP contribution in [0.4, 0.5) is 5.82 Å². The lowest BCUT2D eigenvalue weighted by Crippen LogP contribution is -2.14. The molecule has 2 aromatic heterocycles. The number of aryl methyl sites for hydroxylation is 2. The maximum atomic E-state index is 12.2. The van der Waals surface area contributed by atoms with Crippen LogP contribution in [0.15, 0.2) is 12.4 Å². The minimum Gasteiger partial charge on any atom is -0.304 e. The van der Waals surface area contributed by atoms with Gasteiger partial charge in [0.1, 0.15) is 4.88 Å². The normalized spacial score (nSPS) is 14.4. The molecule has 1 N–H and O–H groups in total. The van der Waals surface area contributed by atoms with Gasteiger partial charge in [0.15, 0.2) is 5.82 Å². The summed E-state index contributed by atoms with van der Waals surface area (Å²) in [6.45, 7) is 3.74.